The first kappa shape index (κ1) is 19.5. The molecule has 0 aliphatic heterocycles. The lowest BCUT2D eigenvalue weighted by Crippen LogP contribution is -2.43. The predicted molar refractivity (Wildman–Crippen MR) is 92.5 cm³/mol. The molecule has 0 amide bonds. The molecule has 0 bridgehead atoms. The highest BCUT2D eigenvalue weighted by Gasteiger charge is 2.46. The van der Waals surface area contributed by atoms with E-state index in [1.807, 2.05) is 0 Å². The molecule has 0 N–H and O–H groups in total. The van der Waals surface area contributed by atoms with Gasteiger partial charge in [-0.15, -0.1) is 0 Å². The van der Waals surface area contributed by atoms with Gasteiger partial charge in [-0.05, 0) is 44.5 Å². The van der Waals surface area contributed by atoms with Gasteiger partial charge in [0.25, 0.3) is 0 Å². The second-order valence-corrected chi connectivity index (χ2v) is 6.34. The fourth-order valence-corrected chi connectivity index (χ4v) is 2.26. The lowest BCUT2D eigenvalue weighted by molar-refractivity contribution is -0.158. The Hall–Kier alpha value is -1.51. The van der Waals surface area contributed by atoms with Gasteiger partial charge >= 0.3 is 11.9 Å². The zero-order valence-corrected chi connectivity index (χ0v) is 15.4. The van der Waals surface area contributed by atoms with Gasteiger partial charge in [-0.25, -0.2) is 9.59 Å². The minimum Gasteiger partial charge on any atom is -0.465 e. The molecule has 0 heterocycles. The molecule has 4 nitrogen and oxygen atoms in total. The topological polar surface area (TPSA) is 52.6 Å². The van der Waals surface area contributed by atoms with E-state index in [0.29, 0.717) is 11.4 Å². The molecule has 0 spiro atoms. The number of benzene rings is 1. The molecule has 0 atom stereocenters. The zero-order chi connectivity index (χ0) is 17.3. The normalized spacial score (nSPS) is 10.4. The zero-order valence-electron chi connectivity index (χ0n) is 13.0. The molecule has 6 heteroatoms. The summed E-state index contributed by atoms with van der Waals surface area (Å²) in [6.07, 6.45) is 0.483. The van der Waals surface area contributed by atoms with Gasteiger partial charge in [-0.1, -0.05) is 39.4 Å². The lowest BCUT2D eigenvalue weighted by atomic mass is 10.0. The molecule has 23 heavy (non-hydrogen) atoms. The molecule has 1 rings (SSSR count). The number of esters is 2. The van der Waals surface area contributed by atoms with Crippen molar-refractivity contribution in [3.63, 3.8) is 0 Å². The highest BCUT2D eigenvalue weighted by atomic mass is 79.9. The SMILES string of the molecule is CCOC(=O)C(Br)(CCC#Cc1ccc(Cl)cc1)C(=O)OCC. The van der Waals surface area contributed by atoms with Crippen molar-refractivity contribution in [2.45, 2.75) is 31.0 Å². The van der Waals surface area contributed by atoms with Crippen LogP contribution >= 0.6 is 27.5 Å². The Morgan fingerprint density at radius 3 is 2.13 bits per heavy atom. The van der Waals surface area contributed by atoms with Crippen molar-refractivity contribution in [2.24, 2.45) is 0 Å². The number of alkyl halides is 1. The van der Waals surface area contributed by atoms with Gasteiger partial charge in [-0.3, -0.25) is 0 Å². The smallest absolute Gasteiger partial charge is 0.334 e. The van der Waals surface area contributed by atoms with Gasteiger partial charge in [-0.2, -0.15) is 0 Å². The van der Waals surface area contributed by atoms with E-state index in [4.69, 9.17) is 21.1 Å². The number of hydrogen-bond donors (Lipinski definition) is 0. The minimum atomic E-state index is -1.52. The van der Waals surface area contributed by atoms with Crippen LogP contribution in [0.4, 0.5) is 0 Å². The fourth-order valence-electron chi connectivity index (χ4n) is 1.71. The Morgan fingerprint density at radius 2 is 1.65 bits per heavy atom. The van der Waals surface area contributed by atoms with Gasteiger partial charge in [0.05, 0.1) is 13.2 Å². The van der Waals surface area contributed by atoms with Crippen LogP contribution in [0.25, 0.3) is 0 Å². The van der Waals surface area contributed by atoms with Gasteiger partial charge in [0.15, 0.2) is 0 Å². The Kier molecular flexibility index (Phi) is 8.15. The van der Waals surface area contributed by atoms with Crippen LogP contribution in [0, 0.1) is 11.8 Å². The van der Waals surface area contributed by atoms with Crippen molar-refractivity contribution in [1.29, 1.82) is 0 Å². The molecule has 1 aromatic rings. The second kappa shape index (κ2) is 9.59. The number of carbonyl (C=O) groups excluding carboxylic acids is 2. The summed E-state index contributed by atoms with van der Waals surface area (Å²) in [6.45, 7) is 3.72. The number of carbonyl (C=O) groups is 2. The molecule has 1 aromatic carbocycles. The number of hydrogen-bond acceptors (Lipinski definition) is 4. The third-order valence-corrected chi connectivity index (χ3v) is 4.17. The maximum Gasteiger partial charge on any atom is 0.334 e. The first-order valence-corrected chi connectivity index (χ1v) is 8.39. The van der Waals surface area contributed by atoms with Crippen molar-refractivity contribution >= 4 is 39.5 Å². The highest BCUT2D eigenvalue weighted by molar-refractivity contribution is 9.10. The van der Waals surface area contributed by atoms with Crippen LogP contribution in [0.3, 0.4) is 0 Å². The Labute approximate surface area is 149 Å². The Morgan fingerprint density at radius 1 is 1.13 bits per heavy atom. The predicted octanol–water partition coefficient (Wildman–Crippen LogP) is 3.73. The molecule has 0 aromatic heterocycles. The maximum atomic E-state index is 12.1. The molecule has 0 saturated heterocycles. The van der Waals surface area contributed by atoms with E-state index in [1.54, 1.807) is 38.1 Å². The second-order valence-electron chi connectivity index (χ2n) is 4.55. The van der Waals surface area contributed by atoms with Crippen LogP contribution in [0.5, 0.6) is 0 Å². The molecule has 0 fully saturated rings. The van der Waals surface area contributed by atoms with Crippen LogP contribution in [-0.2, 0) is 19.1 Å². The average Bonchev–Trinajstić information content (AvgIpc) is 2.53. The van der Waals surface area contributed by atoms with E-state index in [0.717, 1.165) is 5.56 Å². The first-order chi connectivity index (χ1) is 10.9. The molecule has 0 radical (unpaired) electrons. The van der Waals surface area contributed by atoms with Crippen molar-refractivity contribution in [3.05, 3.63) is 34.9 Å². The summed E-state index contributed by atoms with van der Waals surface area (Å²) in [5.41, 5.74) is 0.807. The molecule has 0 saturated carbocycles. The summed E-state index contributed by atoms with van der Waals surface area (Å²) in [7, 11) is 0. The third kappa shape index (κ3) is 5.89. The van der Waals surface area contributed by atoms with Gasteiger partial charge in [0.1, 0.15) is 0 Å². The average molecular weight is 402 g/mol. The minimum absolute atomic E-state index is 0.158. The van der Waals surface area contributed by atoms with Crippen LogP contribution in [-0.4, -0.2) is 29.5 Å². The van der Waals surface area contributed by atoms with E-state index in [2.05, 4.69) is 27.8 Å². The van der Waals surface area contributed by atoms with Crippen molar-refractivity contribution in [1.82, 2.24) is 0 Å². The van der Waals surface area contributed by atoms with E-state index in [1.165, 1.54) is 0 Å². The lowest BCUT2D eigenvalue weighted by Gasteiger charge is -2.22. The van der Waals surface area contributed by atoms with Crippen LogP contribution in [0.2, 0.25) is 5.02 Å². The summed E-state index contributed by atoms with van der Waals surface area (Å²) in [5.74, 6) is 4.56. The van der Waals surface area contributed by atoms with E-state index in [9.17, 15) is 9.59 Å². The quantitative estimate of drug-likeness (QED) is 0.315. The van der Waals surface area contributed by atoms with Gasteiger partial charge < -0.3 is 9.47 Å². The first-order valence-electron chi connectivity index (χ1n) is 7.21. The highest BCUT2D eigenvalue weighted by Crippen LogP contribution is 2.28. The van der Waals surface area contributed by atoms with Crippen molar-refractivity contribution in [3.8, 4) is 11.8 Å². The molecule has 0 aliphatic rings. The van der Waals surface area contributed by atoms with Crippen molar-refractivity contribution < 1.29 is 19.1 Å². The largest absolute Gasteiger partial charge is 0.465 e. The number of halogens is 2. The molecular formula is C17H18BrClO4. The molecule has 124 valence electrons. The third-order valence-electron chi connectivity index (χ3n) is 2.87. The summed E-state index contributed by atoms with van der Waals surface area (Å²) >= 11 is 8.98. The summed E-state index contributed by atoms with van der Waals surface area (Å²) in [4.78, 5) is 24.1. The molecular weight excluding hydrogens is 384 g/mol. The van der Waals surface area contributed by atoms with E-state index in [-0.39, 0.29) is 19.6 Å². The molecule has 0 unspecified atom stereocenters. The molecule has 0 aliphatic carbocycles. The van der Waals surface area contributed by atoms with E-state index >= 15 is 0 Å². The Bertz CT molecular complexity index is 583. The maximum absolute atomic E-state index is 12.1. The standard InChI is InChI=1S/C17H18BrClO4/c1-3-22-15(20)17(18,16(21)23-4-2)12-6-5-7-13-8-10-14(19)11-9-13/h8-11H,3-4,6,12H2,1-2H3. The van der Waals surface area contributed by atoms with Gasteiger partial charge in [0, 0.05) is 17.0 Å². The van der Waals surface area contributed by atoms with Crippen LogP contribution < -0.4 is 0 Å². The van der Waals surface area contributed by atoms with Crippen LogP contribution in [0.1, 0.15) is 32.3 Å². The number of rotatable bonds is 6. The van der Waals surface area contributed by atoms with Crippen molar-refractivity contribution in [2.75, 3.05) is 13.2 Å². The summed E-state index contributed by atoms with van der Waals surface area (Å²) in [5, 5.41) is 0.639. The monoisotopic (exact) mass is 400 g/mol. The van der Waals surface area contributed by atoms with Crippen LogP contribution in [0.15, 0.2) is 24.3 Å². The number of ether oxygens (including phenoxy) is 2. The van der Waals surface area contributed by atoms with E-state index < -0.39 is 16.3 Å². The fraction of sp³-hybridized carbons (Fsp3) is 0.412. The Balaban J connectivity index is 2.76. The van der Waals surface area contributed by atoms with Gasteiger partial charge in [0.2, 0.25) is 4.32 Å². The summed E-state index contributed by atoms with van der Waals surface area (Å²) < 4.78 is 8.39. The summed E-state index contributed by atoms with van der Waals surface area (Å²) in [6, 6.07) is 7.09.